The molecule has 2 aliphatic rings. The number of methoxy groups -OCH3 is 1. The second-order valence-electron chi connectivity index (χ2n) is 7.11. The number of carbonyl (C=O) groups is 2. The first-order chi connectivity index (χ1) is 12.7. The number of amides is 2. The summed E-state index contributed by atoms with van der Waals surface area (Å²) < 4.78 is 11.1. The molecule has 6 heteroatoms. The van der Waals surface area contributed by atoms with Crippen LogP contribution < -0.4 is 9.47 Å². The van der Waals surface area contributed by atoms with Gasteiger partial charge < -0.3 is 19.3 Å². The Hall–Kier alpha value is -2.24. The van der Waals surface area contributed by atoms with Crippen LogP contribution in [0.25, 0.3) is 0 Å². The van der Waals surface area contributed by atoms with Gasteiger partial charge in [-0.15, -0.1) is 0 Å². The lowest BCUT2D eigenvalue weighted by atomic mass is 9.99. The third-order valence-electron chi connectivity index (χ3n) is 5.15. The molecule has 0 saturated carbocycles. The molecule has 0 spiro atoms. The lowest BCUT2D eigenvalue weighted by molar-refractivity contribution is -0.143. The molecule has 0 bridgehead atoms. The van der Waals surface area contributed by atoms with Crippen LogP contribution >= 0.6 is 0 Å². The van der Waals surface area contributed by atoms with E-state index in [0.717, 1.165) is 43.7 Å². The second-order valence-corrected chi connectivity index (χ2v) is 7.11. The average molecular weight is 360 g/mol. The monoisotopic (exact) mass is 360 g/mol. The summed E-state index contributed by atoms with van der Waals surface area (Å²) in [7, 11) is 1.64. The fourth-order valence-electron chi connectivity index (χ4n) is 3.62. The van der Waals surface area contributed by atoms with Gasteiger partial charge in [-0.1, -0.05) is 6.07 Å². The second kappa shape index (κ2) is 8.92. The summed E-state index contributed by atoms with van der Waals surface area (Å²) in [5.41, 5.74) is 0. The van der Waals surface area contributed by atoms with Gasteiger partial charge in [0.2, 0.25) is 11.8 Å². The van der Waals surface area contributed by atoms with E-state index in [1.165, 1.54) is 0 Å². The lowest BCUT2D eigenvalue weighted by Crippen LogP contribution is -2.48. The van der Waals surface area contributed by atoms with Crippen LogP contribution in [0.2, 0.25) is 0 Å². The fraction of sp³-hybridized carbons (Fsp3) is 0.600. The van der Waals surface area contributed by atoms with Gasteiger partial charge in [0.25, 0.3) is 0 Å². The first-order valence-electron chi connectivity index (χ1n) is 9.48. The highest BCUT2D eigenvalue weighted by Crippen LogP contribution is 2.22. The molecule has 2 heterocycles. The fourth-order valence-corrected chi connectivity index (χ4v) is 3.62. The maximum atomic E-state index is 12.6. The Balaban J connectivity index is 1.48. The zero-order valence-electron chi connectivity index (χ0n) is 15.5. The Morgan fingerprint density at radius 2 is 2.04 bits per heavy atom. The number of piperidine rings is 2. The van der Waals surface area contributed by atoms with Crippen LogP contribution in [-0.2, 0) is 9.59 Å². The molecule has 1 atom stereocenters. The zero-order valence-corrected chi connectivity index (χ0v) is 15.5. The largest absolute Gasteiger partial charge is 0.497 e. The SMILES string of the molecule is COc1cccc(OCC2CCCN(C(=O)CN3CCCCC3=O)C2)c1. The van der Waals surface area contributed by atoms with Crippen molar-refractivity contribution in [3.8, 4) is 11.5 Å². The summed E-state index contributed by atoms with van der Waals surface area (Å²) in [5, 5.41) is 0. The molecule has 1 aromatic carbocycles. The van der Waals surface area contributed by atoms with Crippen LogP contribution in [0.3, 0.4) is 0 Å². The molecule has 2 saturated heterocycles. The minimum Gasteiger partial charge on any atom is -0.497 e. The summed E-state index contributed by atoms with van der Waals surface area (Å²) in [5.74, 6) is 2.04. The molecule has 2 fully saturated rings. The van der Waals surface area contributed by atoms with Gasteiger partial charge in [0.15, 0.2) is 0 Å². The number of nitrogens with zero attached hydrogens (tertiary/aromatic N) is 2. The number of carbonyl (C=O) groups excluding carboxylic acids is 2. The van der Waals surface area contributed by atoms with Crippen molar-refractivity contribution in [3.63, 3.8) is 0 Å². The summed E-state index contributed by atoms with van der Waals surface area (Å²) >= 11 is 0. The third-order valence-corrected chi connectivity index (χ3v) is 5.15. The number of likely N-dealkylation sites (tertiary alicyclic amines) is 2. The molecule has 2 amide bonds. The molecular formula is C20H28N2O4. The molecule has 142 valence electrons. The highest BCUT2D eigenvalue weighted by Gasteiger charge is 2.27. The van der Waals surface area contributed by atoms with Gasteiger partial charge in [0.05, 0.1) is 20.3 Å². The van der Waals surface area contributed by atoms with Gasteiger partial charge in [0, 0.05) is 38.0 Å². The van der Waals surface area contributed by atoms with E-state index in [2.05, 4.69) is 0 Å². The molecule has 0 aromatic heterocycles. The van der Waals surface area contributed by atoms with Gasteiger partial charge in [0.1, 0.15) is 11.5 Å². The van der Waals surface area contributed by atoms with Crippen molar-refractivity contribution in [2.45, 2.75) is 32.1 Å². The maximum Gasteiger partial charge on any atom is 0.242 e. The lowest BCUT2D eigenvalue weighted by Gasteiger charge is -2.35. The van der Waals surface area contributed by atoms with E-state index in [1.807, 2.05) is 29.2 Å². The Labute approximate surface area is 155 Å². The molecule has 0 aliphatic carbocycles. The van der Waals surface area contributed by atoms with E-state index in [-0.39, 0.29) is 18.4 Å². The first kappa shape index (κ1) is 18.5. The van der Waals surface area contributed by atoms with Crippen molar-refractivity contribution in [2.24, 2.45) is 5.92 Å². The number of hydrogen-bond donors (Lipinski definition) is 0. The van der Waals surface area contributed by atoms with Crippen molar-refractivity contribution in [1.82, 2.24) is 9.80 Å². The summed E-state index contributed by atoms with van der Waals surface area (Å²) in [6, 6.07) is 7.57. The van der Waals surface area contributed by atoms with Crippen molar-refractivity contribution < 1.29 is 19.1 Å². The van der Waals surface area contributed by atoms with Crippen LogP contribution in [0.1, 0.15) is 32.1 Å². The van der Waals surface area contributed by atoms with Crippen molar-refractivity contribution >= 4 is 11.8 Å². The Morgan fingerprint density at radius 3 is 2.85 bits per heavy atom. The van der Waals surface area contributed by atoms with Gasteiger partial charge in [-0.3, -0.25) is 9.59 Å². The highest BCUT2D eigenvalue weighted by molar-refractivity contribution is 5.85. The van der Waals surface area contributed by atoms with Gasteiger partial charge in [-0.05, 0) is 37.8 Å². The smallest absolute Gasteiger partial charge is 0.242 e. The molecule has 1 aromatic rings. The summed E-state index contributed by atoms with van der Waals surface area (Å²) in [6.45, 7) is 2.99. The Kier molecular flexibility index (Phi) is 6.36. The van der Waals surface area contributed by atoms with Gasteiger partial charge in [-0.2, -0.15) is 0 Å². The maximum absolute atomic E-state index is 12.6. The van der Waals surface area contributed by atoms with Gasteiger partial charge >= 0.3 is 0 Å². The van der Waals surface area contributed by atoms with E-state index < -0.39 is 0 Å². The highest BCUT2D eigenvalue weighted by atomic mass is 16.5. The molecule has 2 aliphatic heterocycles. The molecule has 6 nitrogen and oxygen atoms in total. The predicted octanol–water partition coefficient (Wildman–Crippen LogP) is 2.33. The summed E-state index contributed by atoms with van der Waals surface area (Å²) in [4.78, 5) is 28.1. The van der Waals surface area contributed by atoms with E-state index in [0.29, 0.717) is 32.0 Å². The van der Waals surface area contributed by atoms with E-state index in [9.17, 15) is 9.59 Å². The number of benzene rings is 1. The molecule has 0 radical (unpaired) electrons. The quantitative estimate of drug-likeness (QED) is 0.781. The van der Waals surface area contributed by atoms with Gasteiger partial charge in [-0.25, -0.2) is 0 Å². The van der Waals surface area contributed by atoms with E-state index in [1.54, 1.807) is 12.0 Å². The van der Waals surface area contributed by atoms with Crippen molar-refractivity contribution in [2.75, 3.05) is 39.9 Å². The Bertz CT molecular complexity index is 634. The normalized spacial score (nSPS) is 20.8. The molecule has 26 heavy (non-hydrogen) atoms. The van der Waals surface area contributed by atoms with Crippen molar-refractivity contribution in [3.05, 3.63) is 24.3 Å². The van der Waals surface area contributed by atoms with E-state index >= 15 is 0 Å². The number of rotatable bonds is 6. The van der Waals surface area contributed by atoms with Crippen molar-refractivity contribution in [1.29, 1.82) is 0 Å². The number of hydrogen-bond acceptors (Lipinski definition) is 4. The molecule has 1 unspecified atom stereocenters. The van der Waals surface area contributed by atoms with Crippen LogP contribution in [-0.4, -0.2) is 61.5 Å². The molecule has 3 rings (SSSR count). The average Bonchev–Trinajstić information content (AvgIpc) is 2.68. The topological polar surface area (TPSA) is 59.1 Å². The third kappa shape index (κ3) is 4.90. The number of ether oxygens (including phenoxy) is 2. The zero-order chi connectivity index (χ0) is 18.4. The predicted molar refractivity (Wildman–Crippen MR) is 98.2 cm³/mol. The summed E-state index contributed by atoms with van der Waals surface area (Å²) in [6.07, 6.45) is 4.54. The minimum absolute atomic E-state index is 0.0614. The van der Waals surface area contributed by atoms with Crippen LogP contribution in [0.4, 0.5) is 0 Å². The van der Waals surface area contributed by atoms with Crippen LogP contribution in [0.5, 0.6) is 11.5 Å². The standard InChI is InChI=1S/C20H28N2O4/c1-25-17-7-4-8-18(12-17)26-15-16-6-5-11-21(13-16)20(24)14-22-10-3-2-9-19(22)23/h4,7-8,12,16H,2-3,5-6,9-11,13-15H2,1H3. The molecule has 0 N–H and O–H groups in total. The van der Waals surface area contributed by atoms with Crippen LogP contribution in [0, 0.1) is 5.92 Å². The van der Waals surface area contributed by atoms with E-state index in [4.69, 9.17) is 9.47 Å². The minimum atomic E-state index is 0.0614. The first-order valence-corrected chi connectivity index (χ1v) is 9.48. The molecular weight excluding hydrogens is 332 g/mol. The Morgan fingerprint density at radius 1 is 1.19 bits per heavy atom. The van der Waals surface area contributed by atoms with Crippen LogP contribution in [0.15, 0.2) is 24.3 Å².